The van der Waals surface area contributed by atoms with E-state index in [0.717, 1.165) is 27.7 Å². The van der Waals surface area contributed by atoms with Crippen LogP contribution < -0.4 is 5.32 Å². The SMILES string of the molecule is Cc1nc2ccccc2c(C)c1CC(=O)Nc1nc2ccc(S(C)(=O)=O)cc2s1. The van der Waals surface area contributed by atoms with E-state index in [1.807, 2.05) is 38.1 Å². The number of carbonyl (C=O) groups excluding carboxylic acids is 1. The minimum atomic E-state index is -3.29. The maximum atomic E-state index is 12.7. The van der Waals surface area contributed by atoms with E-state index in [1.54, 1.807) is 12.1 Å². The van der Waals surface area contributed by atoms with Crippen LogP contribution in [0, 0.1) is 13.8 Å². The largest absolute Gasteiger partial charge is 0.302 e. The lowest BCUT2D eigenvalue weighted by atomic mass is 9.99. The number of para-hydroxylation sites is 1. The summed E-state index contributed by atoms with van der Waals surface area (Å²) in [5.41, 5.74) is 4.35. The first-order valence-electron chi connectivity index (χ1n) is 8.97. The summed E-state index contributed by atoms with van der Waals surface area (Å²) >= 11 is 1.25. The molecule has 148 valence electrons. The predicted octanol–water partition coefficient (Wildman–Crippen LogP) is 4.05. The average molecular weight is 426 g/mol. The number of nitrogens with one attached hydrogen (secondary N) is 1. The highest BCUT2D eigenvalue weighted by Gasteiger charge is 2.15. The van der Waals surface area contributed by atoms with Gasteiger partial charge in [0.05, 0.1) is 27.0 Å². The summed E-state index contributed by atoms with van der Waals surface area (Å²) in [4.78, 5) is 21.9. The maximum absolute atomic E-state index is 12.7. The standard InChI is InChI=1S/C21H19N3O3S2/c1-12-15-6-4-5-7-17(15)22-13(2)16(12)11-20(25)24-21-23-18-9-8-14(29(3,26)27)10-19(18)28-21/h4-10H,11H2,1-3H3,(H,23,24,25). The number of hydrogen-bond acceptors (Lipinski definition) is 6. The monoisotopic (exact) mass is 425 g/mol. The van der Waals surface area contributed by atoms with Crippen molar-refractivity contribution in [2.45, 2.75) is 25.2 Å². The normalized spacial score (nSPS) is 11.8. The van der Waals surface area contributed by atoms with Gasteiger partial charge in [-0.1, -0.05) is 29.5 Å². The summed E-state index contributed by atoms with van der Waals surface area (Å²) in [6, 6.07) is 12.6. The van der Waals surface area contributed by atoms with Crippen molar-refractivity contribution in [2.24, 2.45) is 0 Å². The Morgan fingerprint density at radius 2 is 1.83 bits per heavy atom. The van der Waals surface area contributed by atoms with Crippen molar-refractivity contribution in [3.63, 3.8) is 0 Å². The van der Waals surface area contributed by atoms with Crippen molar-refractivity contribution >= 4 is 53.3 Å². The van der Waals surface area contributed by atoms with Gasteiger partial charge in [-0.15, -0.1) is 0 Å². The zero-order valence-corrected chi connectivity index (χ0v) is 17.8. The molecule has 0 spiro atoms. The lowest BCUT2D eigenvalue weighted by Gasteiger charge is -2.12. The molecule has 29 heavy (non-hydrogen) atoms. The number of rotatable bonds is 4. The molecule has 0 radical (unpaired) electrons. The van der Waals surface area contributed by atoms with Gasteiger partial charge in [0.25, 0.3) is 0 Å². The number of anilines is 1. The van der Waals surface area contributed by atoms with Crippen LogP contribution in [0.2, 0.25) is 0 Å². The van der Waals surface area contributed by atoms with E-state index in [9.17, 15) is 13.2 Å². The van der Waals surface area contributed by atoms with Gasteiger partial charge < -0.3 is 5.32 Å². The minimum absolute atomic E-state index is 0.185. The van der Waals surface area contributed by atoms with Crippen LogP contribution in [0.15, 0.2) is 47.4 Å². The number of benzene rings is 2. The number of carbonyl (C=O) groups is 1. The molecular formula is C21H19N3O3S2. The molecule has 0 fully saturated rings. The van der Waals surface area contributed by atoms with Crippen LogP contribution in [0.5, 0.6) is 0 Å². The number of thiazole rings is 1. The number of aromatic nitrogens is 2. The second-order valence-electron chi connectivity index (χ2n) is 6.96. The zero-order valence-electron chi connectivity index (χ0n) is 16.2. The Morgan fingerprint density at radius 1 is 1.07 bits per heavy atom. The first-order chi connectivity index (χ1) is 13.7. The molecule has 1 amide bonds. The van der Waals surface area contributed by atoms with Gasteiger partial charge in [-0.3, -0.25) is 9.78 Å². The van der Waals surface area contributed by atoms with Crippen LogP contribution in [0.3, 0.4) is 0 Å². The highest BCUT2D eigenvalue weighted by molar-refractivity contribution is 7.90. The predicted molar refractivity (Wildman–Crippen MR) is 116 cm³/mol. The summed E-state index contributed by atoms with van der Waals surface area (Å²) in [5, 5.41) is 4.31. The van der Waals surface area contributed by atoms with E-state index in [1.165, 1.54) is 23.7 Å². The second kappa shape index (κ2) is 7.20. The summed E-state index contributed by atoms with van der Waals surface area (Å²) in [6.07, 6.45) is 1.36. The smallest absolute Gasteiger partial charge is 0.230 e. The molecule has 0 bridgehead atoms. The third-order valence-electron chi connectivity index (χ3n) is 4.86. The molecule has 0 aliphatic carbocycles. The van der Waals surface area contributed by atoms with Crippen LogP contribution in [0.4, 0.5) is 5.13 Å². The van der Waals surface area contributed by atoms with E-state index in [4.69, 9.17) is 0 Å². The van der Waals surface area contributed by atoms with Crippen LogP contribution in [-0.2, 0) is 21.1 Å². The first kappa shape index (κ1) is 19.5. The van der Waals surface area contributed by atoms with Crippen LogP contribution in [0.1, 0.15) is 16.8 Å². The summed E-state index contributed by atoms with van der Waals surface area (Å²) in [5.74, 6) is -0.185. The van der Waals surface area contributed by atoms with E-state index >= 15 is 0 Å². The second-order valence-corrected chi connectivity index (χ2v) is 10.0. The fourth-order valence-corrected chi connectivity index (χ4v) is 4.99. The molecule has 8 heteroatoms. The van der Waals surface area contributed by atoms with Gasteiger partial charge in [-0.2, -0.15) is 0 Å². The number of amides is 1. The summed E-state index contributed by atoms with van der Waals surface area (Å²) in [7, 11) is -3.29. The van der Waals surface area contributed by atoms with E-state index in [-0.39, 0.29) is 17.2 Å². The molecule has 4 aromatic rings. The van der Waals surface area contributed by atoms with Gasteiger partial charge in [-0.05, 0) is 49.2 Å². The van der Waals surface area contributed by atoms with Crippen molar-refractivity contribution in [1.82, 2.24) is 9.97 Å². The molecular weight excluding hydrogens is 406 g/mol. The molecule has 6 nitrogen and oxygen atoms in total. The summed E-state index contributed by atoms with van der Waals surface area (Å²) in [6.45, 7) is 3.91. The summed E-state index contributed by atoms with van der Waals surface area (Å²) < 4.78 is 24.2. The van der Waals surface area contributed by atoms with Gasteiger partial charge >= 0.3 is 0 Å². The number of hydrogen-bond donors (Lipinski definition) is 1. The van der Waals surface area contributed by atoms with Gasteiger partial charge in [0, 0.05) is 17.3 Å². The van der Waals surface area contributed by atoms with E-state index in [0.29, 0.717) is 15.3 Å². The van der Waals surface area contributed by atoms with Crippen LogP contribution in [0.25, 0.3) is 21.1 Å². The Bertz CT molecular complexity index is 1370. The molecule has 0 saturated carbocycles. The van der Waals surface area contributed by atoms with Crippen molar-refractivity contribution in [1.29, 1.82) is 0 Å². The number of pyridine rings is 1. The van der Waals surface area contributed by atoms with Crippen molar-refractivity contribution in [2.75, 3.05) is 11.6 Å². The quantitative estimate of drug-likeness (QED) is 0.533. The highest BCUT2D eigenvalue weighted by Crippen LogP contribution is 2.29. The van der Waals surface area contributed by atoms with E-state index in [2.05, 4.69) is 15.3 Å². The van der Waals surface area contributed by atoms with Crippen molar-refractivity contribution < 1.29 is 13.2 Å². The first-order valence-corrected chi connectivity index (χ1v) is 11.7. The van der Waals surface area contributed by atoms with Gasteiger partial charge in [0.15, 0.2) is 15.0 Å². The van der Waals surface area contributed by atoms with Gasteiger partial charge in [-0.25, -0.2) is 13.4 Å². The number of sulfone groups is 1. The van der Waals surface area contributed by atoms with Crippen LogP contribution >= 0.6 is 11.3 Å². The Morgan fingerprint density at radius 3 is 2.59 bits per heavy atom. The Hall–Kier alpha value is -2.84. The number of aryl methyl sites for hydroxylation is 2. The lowest BCUT2D eigenvalue weighted by Crippen LogP contribution is -2.16. The molecule has 0 atom stereocenters. The average Bonchev–Trinajstić information content (AvgIpc) is 3.05. The molecule has 2 aromatic heterocycles. The fourth-order valence-electron chi connectivity index (χ4n) is 3.34. The molecule has 0 aliphatic heterocycles. The van der Waals surface area contributed by atoms with E-state index < -0.39 is 9.84 Å². The lowest BCUT2D eigenvalue weighted by molar-refractivity contribution is -0.115. The molecule has 0 aliphatic rings. The molecule has 1 N–H and O–H groups in total. The number of fused-ring (bicyclic) bond motifs is 2. The topological polar surface area (TPSA) is 89.0 Å². The Kier molecular flexibility index (Phi) is 4.84. The third kappa shape index (κ3) is 3.86. The Labute approximate surface area is 172 Å². The minimum Gasteiger partial charge on any atom is -0.302 e. The fraction of sp³-hybridized carbons (Fsp3) is 0.190. The molecule has 2 heterocycles. The van der Waals surface area contributed by atoms with Gasteiger partial charge in [0.2, 0.25) is 5.91 Å². The van der Waals surface area contributed by atoms with Crippen molar-refractivity contribution in [3.8, 4) is 0 Å². The third-order valence-corrected chi connectivity index (χ3v) is 6.90. The van der Waals surface area contributed by atoms with Crippen molar-refractivity contribution in [3.05, 3.63) is 59.3 Å². The van der Waals surface area contributed by atoms with Gasteiger partial charge in [0.1, 0.15) is 0 Å². The zero-order chi connectivity index (χ0) is 20.8. The van der Waals surface area contributed by atoms with Crippen LogP contribution in [-0.4, -0.2) is 30.5 Å². The molecule has 2 aromatic carbocycles. The molecule has 0 unspecified atom stereocenters. The number of nitrogens with zero attached hydrogens (tertiary/aromatic N) is 2. The molecule has 0 saturated heterocycles. The molecule has 4 rings (SSSR count). The highest BCUT2D eigenvalue weighted by atomic mass is 32.2. The Balaban J connectivity index is 1.60. The maximum Gasteiger partial charge on any atom is 0.230 e.